The molecule has 1 aliphatic rings. The third kappa shape index (κ3) is 2.16. The highest BCUT2D eigenvalue weighted by molar-refractivity contribution is 9.10. The van der Waals surface area contributed by atoms with Crippen molar-refractivity contribution in [3.05, 3.63) is 34.3 Å². The molecule has 14 heavy (non-hydrogen) atoms. The van der Waals surface area contributed by atoms with Crippen molar-refractivity contribution < 1.29 is 4.74 Å². The Hall–Kier alpha value is -0.380. The Morgan fingerprint density at radius 2 is 2.29 bits per heavy atom. The molecule has 76 valence electrons. The first-order valence-corrected chi connectivity index (χ1v) is 5.53. The first-order chi connectivity index (χ1) is 6.57. The van der Waals surface area contributed by atoms with Crippen molar-refractivity contribution in [3.63, 3.8) is 0 Å². The molecule has 0 amide bonds. The van der Waals surface area contributed by atoms with E-state index in [1.807, 2.05) is 12.1 Å². The molecular formula is C11H14BrNO. The summed E-state index contributed by atoms with van der Waals surface area (Å²) in [4.78, 5) is 0. The summed E-state index contributed by atoms with van der Waals surface area (Å²) >= 11 is 3.45. The second-order valence-corrected chi connectivity index (χ2v) is 5.11. The molecule has 1 aromatic carbocycles. The summed E-state index contributed by atoms with van der Waals surface area (Å²) in [7, 11) is 0. The van der Waals surface area contributed by atoms with Gasteiger partial charge in [0.25, 0.3) is 0 Å². The molecule has 2 rings (SSSR count). The predicted octanol–water partition coefficient (Wildman–Crippen LogP) is 2.85. The average molecular weight is 256 g/mol. The summed E-state index contributed by atoms with van der Waals surface area (Å²) < 4.78 is 6.95. The van der Waals surface area contributed by atoms with Gasteiger partial charge in [-0.3, -0.25) is 5.32 Å². The molecule has 0 spiro atoms. The van der Waals surface area contributed by atoms with Crippen LogP contribution >= 0.6 is 15.9 Å². The van der Waals surface area contributed by atoms with E-state index in [4.69, 9.17) is 4.74 Å². The SMILES string of the molecule is CC1(C)CNC(c2cccc(Br)c2)O1. The summed E-state index contributed by atoms with van der Waals surface area (Å²) in [5, 5.41) is 3.35. The van der Waals surface area contributed by atoms with Crippen LogP contribution in [-0.4, -0.2) is 12.1 Å². The fourth-order valence-corrected chi connectivity index (χ4v) is 2.01. The van der Waals surface area contributed by atoms with Crippen molar-refractivity contribution >= 4 is 15.9 Å². The molecule has 1 atom stereocenters. The van der Waals surface area contributed by atoms with Crippen molar-refractivity contribution in [3.8, 4) is 0 Å². The fraction of sp³-hybridized carbons (Fsp3) is 0.455. The van der Waals surface area contributed by atoms with Gasteiger partial charge in [0, 0.05) is 11.0 Å². The Bertz CT molecular complexity index is 338. The molecule has 3 heteroatoms. The third-order valence-electron chi connectivity index (χ3n) is 2.30. The van der Waals surface area contributed by atoms with Crippen molar-refractivity contribution in [2.75, 3.05) is 6.54 Å². The Labute approximate surface area is 92.8 Å². The maximum atomic E-state index is 5.86. The Morgan fingerprint density at radius 1 is 1.50 bits per heavy atom. The van der Waals surface area contributed by atoms with Crippen LogP contribution in [0.5, 0.6) is 0 Å². The molecule has 2 nitrogen and oxygen atoms in total. The van der Waals surface area contributed by atoms with Crippen LogP contribution in [-0.2, 0) is 4.74 Å². The van der Waals surface area contributed by atoms with Crippen LogP contribution in [0.3, 0.4) is 0 Å². The molecule has 0 saturated carbocycles. The van der Waals surface area contributed by atoms with Crippen molar-refractivity contribution in [1.29, 1.82) is 0 Å². The molecular weight excluding hydrogens is 242 g/mol. The molecule has 0 aliphatic carbocycles. The van der Waals surface area contributed by atoms with Gasteiger partial charge in [0.1, 0.15) is 6.23 Å². The van der Waals surface area contributed by atoms with Crippen LogP contribution in [0.4, 0.5) is 0 Å². The molecule has 0 aromatic heterocycles. The Morgan fingerprint density at radius 3 is 2.86 bits per heavy atom. The number of nitrogens with one attached hydrogen (secondary N) is 1. The summed E-state index contributed by atoms with van der Waals surface area (Å²) in [6.45, 7) is 5.08. The van der Waals surface area contributed by atoms with E-state index in [2.05, 4.69) is 47.2 Å². The fourth-order valence-electron chi connectivity index (χ4n) is 1.60. The van der Waals surface area contributed by atoms with Gasteiger partial charge in [0.15, 0.2) is 0 Å². The number of hydrogen-bond donors (Lipinski definition) is 1. The molecule has 1 N–H and O–H groups in total. The van der Waals surface area contributed by atoms with Gasteiger partial charge in [-0.2, -0.15) is 0 Å². The zero-order valence-corrected chi connectivity index (χ0v) is 9.97. The standard InChI is InChI=1S/C11H14BrNO/c1-11(2)7-13-10(14-11)8-4-3-5-9(12)6-8/h3-6,10,13H,7H2,1-2H3. The van der Waals surface area contributed by atoms with Gasteiger partial charge >= 0.3 is 0 Å². The van der Waals surface area contributed by atoms with Crippen LogP contribution in [0.2, 0.25) is 0 Å². The van der Waals surface area contributed by atoms with Gasteiger partial charge in [0.05, 0.1) is 5.60 Å². The van der Waals surface area contributed by atoms with Gasteiger partial charge in [0.2, 0.25) is 0 Å². The van der Waals surface area contributed by atoms with Gasteiger partial charge in [-0.25, -0.2) is 0 Å². The van der Waals surface area contributed by atoms with E-state index in [1.54, 1.807) is 0 Å². The van der Waals surface area contributed by atoms with Crippen LogP contribution in [0.25, 0.3) is 0 Å². The first kappa shape index (κ1) is 10.1. The maximum Gasteiger partial charge on any atom is 0.135 e. The van der Waals surface area contributed by atoms with Gasteiger partial charge in [-0.05, 0) is 31.5 Å². The number of halogens is 1. The molecule has 0 bridgehead atoms. The van der Waals surface area contributed by atoms with Crippen molar-refractivity contribution in [2.24, 2.45) is 0 Å². The number of benzene rings is 1. The molecule has 1 aromatic rings. The number of rotatable bonds is 1. The summed E-state index contributed by atoms with van der Waals surface area (Å²) in [6, 6.07) is 8.20. The summed E-state index contributed by atoms with van der Waals surface area (Å²) in [5.74, 6) is 0. The highest BCUT2D eigenvalue weighted by Gasteiger charge is 2.31. The van der Waals surface area contributed by atoms with Crippen molar-refractivity contribution in [1.82, 2.24) is 5.32 Å². The second-order valence-electron chi connectivity index (χ2n) is 4.19. The predicted molar refractivity (Wildman–Crippen MR) is 60.0 cm³/mol. The van der Waals surface area contributed by atoms with E-state index in [-0.39, 0.29) is 11.8 Å². The highest BCUT2D eigenvalue weighted by atomic mass is 79.9. The molecule has 1 heterocycles. The van der Waals surface area contributed by atoms with E-state index in [1.165, 1.54) is 5.56 Å². The first-order valence-electron chi connectivity index (χ1n) is 4.73. The monoisotopic (exact) mass is 255 g/mol. The lowest BCUT2D eigenvalue weighted by Crippen LogP contribution is -2.23. The third-order valence-corrected chi connectivity index (χ3v) is 2.79. The maximum absolute atomic E-state index is 5.86. The minimum atomic E-state index is -0.0625. The van der Waals surface area contributed by atoms with Gasteiger partial charge in [-0.1, -0.05) is 28.1 Å². The summed E-state index contributed by atoms with van der Waals surface area (Å²) in [5.41, 5.74) is 1.11. The lowest BCUT2D eigenvalue weighted by molar-refractivity contribution is -0.0156. The smallest absolute Gasteiger partial charge is 0.135 e. The quantitative estimate of drug-likeness (QED) is 0.834. The molecule has 0 radical (unpaired) electrons. The molecule has 1 fully saturated rings. The second kappa shape index (κ2) is 3.65. The molecule has 1 unspecified atom stereocenters. The van der Waals surface area contributed by atoms with E-state index >= 15 is 0 Å². The number of ether oxygens (including phenoxy) is 1. The van der Waals surface area contributed by atoms with Gasteiger partial charge in [-0.15, -0.1) is 0 Å². The largest absolute Gasteiger partial charge is 0.352 e. The van der Waals surface area contributed by atoms with Crippen LogP contribution in [0.1, 0.15) is 25.6 Å². The minimum Gasteiger partial charge on any atom is -0.352 e. The van der Waals surface area contributed by atoms with E-state index in [0.29, 0.717) is 0 Å². The van der Waals surface area contributed by atoms with Crippen LogP contribution in [0.15, 0.2) is 28.7 Å². The average Bonchev–Trinajstić information content (AvgIpc) is 2.46. The van der Waals surface area contributed by atoms with E-state index < -0.39 is 0 Å². The Kier molecular flexibility index (Phi) is 2.64. The Balaban J connectivity index is 2.17. The lowest BCUT2D eigenvalue weighted by Gasteiger charge is -2.17. The van der Waals surface area contributed by atoms with E-state index in [9.17, 15) is 0 Å². The highest BCUT2D eigenvalue weighted by Crippen LogP contribution is 2.28. The van der Waals surface area contributed by atoms with Crippen LogP contribution < -0.4 is 5.32 Å². The molecule has 1 saturated heterocycles. The normalized spacial score (nSPS) is 25.2. The molecule has 1 aliphatic heterocycles. The van der Waals surface area contributed by atoms with Crippen molar-refractivity contribution in [2.45, 2.75) is 25.7 Å². The lowest BCUT2D eigenvalue weighted by atomic mass is 10.1. The zero-order chi connectivity index (χ0) is 10.2. The topological polar surface area (TPSA) is 21.3 Å². The summed E-state index contributed by atoms with van der Waals surface area (Å²) in [6.07, 6.45) is 0.0301. The van der Waals surface area contributed by atoms with Crippen LogP contribution in [0, 0.1) is 0 Å². The van der Waals surface area contributed by atoms with Gasteiger partial charge < -0.3 is 4.74 Å². The van der Waals surface area contributed by atoms with E-state index in [0.717, 1.165) is 11.0 Å². The number of hydrogen-bond acceptors (Lipinski definition) is 2. The zero-order valence-electron chi connectivity index (χ0n) is 8.38. The minimum absolute atomic E-state index is 0.0301.